The molecule has 0 radical (unpaired) electrons. The van der Waals surface area contributed by atoms with Crippen LogP contribution < -0.4 is 5.32 Å². The van der Waals surface area contributed by atoms with Gasteiger partial charge in [0, 0.05) is 31.3 Å². The summed E-state index contributed by atoms with van der Waals surface area (Å²) in [6.07, 6.45) is 4.21. The fourth-order valence-electron chi connectivity index (χ4n) is 2.78. The van der Waals surface area contributed by atoms with Crippen LogP contribution in [0.15, 0.2) is 0 Å². The van der Waals surface area contributed by atoms with Crippen LogP contribution in [0.5, 0.6) is 0 Å². The van der Waals surface area contributed by atoms with E-state index in [2.05, 4.69) is 5.32 Å². The van der Waals surface area contributed by atoms with Gasteiger partial charge in [0.2, 0.25) is 0 Å². The number of carbonyl (C=O) groups is 2. The Bertz CT molecular complexity index is 332. The summed E-state index contributed by atoms with van der Waals surface area (Å²) in [7, 11) is 0. The van der Waals surface area contributed by atoms with Gasteiger partial charge < -0.3 is 15.3 Å². The van der Waals surface area contributed by atoms with E-state index in [-0.39, 0.29) is 24.4 Å². The zero-order chi connectivity index (χ0) is 13.7. The van der Waals surface area contributed by atoms with E-state index in [1.807, 2.05) is 11.8 Å². The largest absolute Gasteiger partial charge is 0.481 e. The quantitative estimate of drug-likeness (QED) is 0.829. The second kappa shape index (κ2) is 7.03. The number of nitrogens with zero attached hydrogens (tertiary/aromatic N) is 1. The Morgan fingerprint density at radius 2 is 2.16 bits per heavy atom. The number of likely N-dealkylation sites (tertiary alicyclic amines) is 1. The average molecular weight is 286 g/mol. The van der Waals surface area contributed by atoms with Gasteiger partial charge in [-0.15, -0.1) is 0 Å². The lowest BCUT2D eigenvalue weighted by atomic mass is 9.95. The van der Waals surface area contributed by atoms with Crippen LogP contribution in [0.3, 0.4) is 0 Å². The zero-order valence-electron chi connectivity index (χ0n) is 11.1. The van der Waals surface area contributed by atoms with Gasteiger partial charge in [-0.2, -0.15) is 11.8 Å². The molecule has 2 N–H and O–H groups in total. The first-order valence-electron chi connectivity index (χ1n) is 7.00. The molecule has 2 heterocycles. The Hall–Kier alpha value is -0.910. The first kappa shape index (κ1) is 14.5. The van der Waals surface area contributed by atoms with Crippen LogP contribution in [0.2, 0.25) is 0 Å². The van der Waals surface area contributed by atoms with Crippen molar-refractivity contribution in [2.24, 2.45) is 5.92 Å². The molecule has 108 valence electrons. The van der Waals surface area contributed by atoms with Gasteiger partial charge in [0.15, 0.2) is 0 Å². The van der Waals surface area contributed by atoms with Crippen molar-refractivity contribution in [1.82, 2.24) is 10.2 Å². The SMILES string of the molecule is O=C(O)CC1CCCN(C(=O)NC2CCCSC2)C1. The van der Waals surface area contributed by atoms with Gasteiger partial charge in [0.1, 0.15) is 0 Å². The molecule has 2 aliphatic heterocycles. The molecular weight excluding hydrogens is 264 g/mol. The number of hydrogen-bond donors (Lipinski definition) is 2. The maximum atomic E-state index is 12.2. The molecule has 2 fully saturated rings. The van der Waals surface area contributed by atoms with Gasteiger partial charge in [0.25, 0.3) is 0 Å². The van der Waals surface area contributed by atoms with Crippen molar-refractivity contribution < 1.29 is 14.7 Å². The lowest BCUT2D eigenvalue weighted by Crippen LogP contribution is -2.50. The maximum absolute atomic E-state index is 12.2. The number of urea groups is 1. The Labute approximate surface area is 118 Å². The van der Waals surface area contributed by atoms with Gasteiger partial charge in [-0.25, -0.2) is 4.79 Å². The minimum absolute atomic E-state index is 0.0115. The molecule has 0 aromatic rings. The predicted molar refractivity (Wildman–Crippen MR) is 75.4 cm³/mol. The van der Waals surface area contributed by atoms with E-state index in [0.717, 1.165) is 38.0 Å². The van der Waals surface area contributed by atoms with Crippen molar-refractivity contribution in [1.29, 1.82) is 0 Å². The minimum Gasteiger partial charge on any atom is -0.481 e. The van der Waals surface area contributed by atoms with Gasteiger partial charge in [-0.3, -0.25) is 4.79 Å². The molecule has 2 atom stereocenters. The smallest absolute Gasteiger partial charge is 0.317 e. The Morgan fingerprint density at radius 1 is 1.32 bits per heavy atom. The molecule has 0 aliphatic carbocycles. The molecule has 2 unspecified atom stereocenters. The van der Waals surface area contributed by atoms with Crippen LogP contribution in [0, 0.1) is 5.92 Å². The predicted octanol–water partition coefficient (Wildman–Crippen LogP) is 1.78. The summed E-state index contributed by atoms with van der Waals surface area (Å²) in [6, 6.07) is 0.272. The van der Waals surface area contributed by atoms with E-state index in [4.69, 9.17) is 5.11 Å². The fraction of sp³-hybridized carbons (Fsp3) is 0.846. The van der Waals surface area contributed by atoms with Crippen LogP contribution in [0.4, 0.5) is 4.79 Å². The van der Waals surface area contributed by atoms with Crippen molar-refractivity contribution in [2.75, 3.05) is 24.6 Å². The van der Waals surface area contributed by atoms with Crippen molar-refractivity contribution in [3.8, 4) is 0 Å². The van der Waals surface area contributed by atoms with Gasteiger partial charge in [-0.1, -0.05) is 0 Å². The molecule has 2 amide bonds. The number of rotatable bonds is 3. The number of thioether (sulfide) groups is 1. The molecular formula is C13H22N2O3S. The average Bonchev–Trinajstić information content (AvgIpc) is 2.39. The Balaban J connectivity index is 1.79. The Morgan fingerprint density at radius 3 is 2.84 bits per heavy atom. The van der Waals surface area contributed by atoms with Gasteiger partial charge in [0.05, 0.1) is 0 Å². The lowest BCUT2D eigenvalue weighted by Gasteiger charge is -2.34. The van der Waals surface area contributed by atoms with Crippen LogP contribution in [-0.2, 0) is 4.79 Å². The van der Waals surface area contributed by atoms with Gasteiger partial charge in [-0.05, 0) is 37.4 Å². The van der Waals surface area contributed by atoms with Gasteiger partial charge >= 0.3 is 12.0 Å². The maximum Gasteiger partial charge on any atom is 0.317 e. The van der Waals surface area contributed by atoms with E-state index in [0.29, 0.717) is 6.54 Å². The molecule has 0 bridgehead atoms. The second-order valence-electron chi connectivity index (χ2n) is 5.42. The third-order valence-electron chi connectivity index (χ3n) is 3.76. The lowest BCUT2D eigenvalue weighted by molar-refractivity contribution is -0.138. The molecule has 2 saturated heterocycles. The summed E-state index contributed by atoms with van der Waals surface area (Å²) in [6.45, 7) is 1.33. The summed E-state index contributed by atoms with van der Waals surface area (Å²) in [5.74, 6) is 1.53. The molecule has 0 aromatic carbocycles. The first-order chi connectivity index (χ1) is 9.15. The number of hydrogen-bond acceptors (Lipinski definition) is 3. The highest BCUT2D eigenvalue weighted by molar-refractivity contribution is 7.99. The first-order valence-corrected chi connectivity index (χ1v) is 8.15. The number of piperidine rings is 1. The third kappa shape index (κ3) is 4.60. The topological polar surface area (TPSA) is 69.6 Å². The molecule has 5 nitrogen and oxygen atoms in total. The number of amides is 2. The highest BCUT2D eigenvalue weighted by atomic mass is 32.2. The standard InChI is InChI=1S/C13H22N2O3S/c16-12(17)7-10-3-1-5-15(8-10)13(18)14-11-4-2-6-19-9-11/h10-11H,1-9H2,(H,14,18)(H,16,17). The number of carboxylic acid groups (broad SMARTS) is 1. The number of carbonyl (C=O) groups excluding carboxylic acids is 1. The zero-order valence-corrected chi connectivity index (χ0v) is 12.0. The van der Waals surface area contributed by atoms with E-state index >= 15 is 0 Å². The van der Waals surface area contributed by atoms with Crippen molar-refractivity contribution in [3.63, 3.8) is 0 Å². The molecule has 0 spiro atoms. The molecule has 0 aromatic heterocycles. The van der Waals surface area contributed by atoms with E-state index in [1.54, 1.807) is 4.90 Å². The van der Waals surface area contributed by atoms with Crippen LogP contribution in [0.1, 0.15) is 32.1 Å². The molecule has 19 heavy (non-hydrogen) atoms. The van der Waals surface area contributed by atoms with Crippen molar-refractivity contribution in [3.05, 3.63) is 0 Å². The third-order valence-corrected chi connectivity index (χ3v) is 4.97. The number of aliphatic carboxylic acids is 1. The van der Waals surface area contributed by atoms with Crippen molar-refractivity contribution >= 4 is 23.8 Å². The van der Waals surface area contributed by atoms with Crippen LogP contribution in [-0.4, -0.2) is 52.6 Å². The number of nitrogens with one attached hydrogen (secondary N) is 1. The summed E-state index contributed by atoms with van der Waals surface area (Å²) >= 11 is 1.89. The molecule has 2 aliphatic rings. The monoisotopic (exact) mass is 286 g/mol. The molecule has 2 rings (SSSR count). The highest BCUT2D eigenvalue weighted by Crippen LogP contribution is 2.21. The highest BCUT2D eigenvalue weighted by Gasteiger charge is 2.26. The summed E-state index contributed by atoms with van der Waals surface area (Å²) < 4.78 is 0. The Kier molecular flexibility index (Phi) is 5.36. The van der Waals surface area contributed by atoms with Crippen LogP contribution >= 0.6 is 11.8 Å². The van der Waals surface area contributed by atoms with E-state index in [9.17, 15) is 9.59 Å². The fourth-order valence-corrected chi connectivity index (χ4v) is 3.86. The number of carboxylic acids is 1. The summed E-state index contributed by atoms with van der Waals surface area (Å²) in [4.78, 5) is 24.7. The summed E-state index contributed by atoms with van der Waals surface area (Å²) in [5, 5.41) is 11.9. The normalized spacial score (nSPS) is 27.9. The molecule has 0 saturated carbocycles. The van der Waals surface area contributed by atoms with E-state index < -0.39 is 5.97 Å². The minimum atomic E-state index is -0.768. The van der Waals surface area contributed by atoms with Crippen LogP contribution in [0.25, 0.3) is 0 Å². The molecule has 6 heteroatoms. The summed E-state index contributed by atoms with van der Waals surface area (Å²) in [5.41, 5.74) is 0. The van der Waals surface area contributed by atoms with E-state index in [1.165, 1.54) is 5.75 Å². The van der Waals surface area contributed by atoms with Crippen molar-refractivity contribution in [2.45, 2.75) is 38.1 Å². The second-order valence-corrected chi connectivity index (χ2v) is 6.57.